The number of amides is 1. The minimum atomic E-state index is -0.162. The van der Waals surface area contributed by atoms with Crippen molar-refractivity contribution in [3.63, 3.8) is 0 Å². The number of likely N-dealkylation sites (tertiary alicyclic amines) is 1. The molecule has 3 rings (SSSR count). The fraction of sp³-hybridized carbons (Fsp3) is 0.412. The van der Waals surface area contributed by atoms with Crippen molar-refractivity contribution in [2.75, 3.05) is 30.7 Å². The predicted molar refractivity (Wildman–Crippen MR) is 91.4 cm³/mol. The molecule has 1 amide bonds. The minimum absolute atomic E-state index is 0.162. The molecule has 0 spiro atoms. The van der Waals surface area contributed by atoms with Gasteiger partial charge < -0.3 is 16.0 Å². The van der Waals surface area contributed by atoms with Crippen LogP contribution in [0.5, 0.6) is 0 Å². The first-order chi connectivity index (χ1) is 11.2. The molecule has 1 aromatic carbocycles. The second-order valence-electron chi connectivity index (χ2n) is 5.91. The third kappa shape index (κ3) is 3.53. The molecule has 122 valence electrons. The van der Waals surface area contributed by atoms with Gasteiger partial charge in [-0.25, -0.2) is 4.68 Å². The Morgan fingerprint density at radius 3 is 2.83 bits per heavy atom. The van der Waals surface area contributed by atoms with Gasteiger partial charge in [-0.1, -0.05) is 13.0 Å². The predicted octanol–water partition coefficient (Wildman–Crippen LogP) is 2.37. The van der Waals surface area contributed by atoms with Crippen molar-refractivity contribution in [1.29, 1.82) is 0 Å². The normalized spacial score (nSPS) is 16.4. The number of hydrogen-bond donors (Lipinski definition) is 2. The smallest absolute Gasteiger partial charge is 0.256 e. The second kappa shape index (κ2) is 6.83. The molecule has 2 aromatic rings. The lowest BCUT2D eigenvalue weighted by atomic mass is 10.1. The molecule has 6 heteroatoms. The number of aromatic nitrogens is 2. The van der Waals surface area contributed by atoms with Crippen LogP contribution in [0.25, 0.3) is 0 Å². The lowest BCUT2D eigenvalue weighted by molar-refractivity contribution is 0.102. The number of nitrogen functional groups attached to an aromatic ring is 1. The van der Waals surface area contributed by atoms with Crippen LogP contribution in [0.4, 0.5) is 11.5 Å². The molecule has 0 aliphatic carbocycles. The van der Waals surface area contributed by atoms with Gasteiger partial charge in [-0.3, -0.25) is 4.79 Å². The van der Waals surface area contributed by atoms with Crippen molar-refractivity contribution < 1.29 is 4.79 Å². The van der Waals surface area contributed by atoms with Gasteiger partial charge in [-0.05, 0) is 37.6 Å². The van der Waals surface area contributed by atoms with Gasteiger partial charge in [0.1, 0.15) is 5.82 Å². The average Bonchev–Trinajstić information content (AvgIpc) is 3.03. The first kappa shape index (κ1) is 15.6. The molecule has 2 heterocycles. The third-order valence-corrected chi connectivity index (χ3v) is 4.41. The molecule has 0 bridgehead atoms. The van der Waals surface area contributed by atoms with Crippen LogP contribution in [0.3, 0.4) is 0 Å². The number of hydrogen-bond acceptors (Lipinski definition) is 4. The Labute approximate surface area is 136 Å². The van der Waals surface area contributed by atoms with Gasteiger partial charge in [0, 0.05) is 30.4 Å². The number of piperidine rings is 1. The summed E-state index contributed by atoms with van der Waals surface area (Å²) in [6, 6.07) is 9.16. The maximum Gasteiger partial charge on any atom is 0.256 e. The Morgan fingerprint density at radius 2 is 2.13 bits per heavy atom. The topological polar surface area (TPSA) is 76.2 Å². The Kier molecular flexibility index (Phi) is 4.62. The summed E-state index contributed by atoms with van der Waals surface area (Å²) in [5.41, 5.74) is 6.88. The molecule has 23 heavy (non-hydrogen) atoms. The van der Waals surface area contributed by atoms with Crippen LogP contribution in [0.1, 0.15) is 36.2 Å². The lowest BCUT2D eigenvalue weighted by Gasteiger charge is -2.31. The van der Waals surface area contributed by atoms with Crippen LogP contribution in [-0.4, -0.2) is 40.2 Å². The van der Waals surface area contributed by atoms with Crippen LogP contribution in [0, 0.1) is 0 Å². The van der Waals surface area contributed by atoms with Crippen molar-refractivity contribution in [3.8, 4) is 0 Å². The highest BCUT2D eigenvalue weighted by atomic mass is 16.1. The lowest BCUT2D eigenvalue weighted by Crippen LogP contribution is -2.35. The fourth-order valence-corrected chi connectivity index (χ4v) is 3.05. The standard InChI is InChI=1S/C17H23N5O/c1-2-21-10-7-15(8-11-21)22-16(6-9-19-22)20-17(23)13-4-3-5-14(18)12-13/h3-6,9,12,15H,2,7-8,10-11,18H2,1H3,(H,20,23). The number of nitrogens with zero attached hydrogens (tertiary/aromatic N) is 3. The molecule has 6 nitrogen and oxygen atoms in total. The first-order valence-electron chi connectivity index (χ1n) is 8.10. The van der Waals surface area contributed by atoms with E-state index in [4.69, 9.17) is 5.73 Å². The Bertz CT molecular complexity index is 673. The highest BCUT2D eigenvalue weighted by molar-refractivity contribution is 6.04. The van der Waals surface area contributed by atoms with Crippen LogP contribution >= 0.6 is 0 Å². The van der Waals surface area contributed by atoms with E-state index in [0.717, 1.165) is 38.3 Å². The monoisotopic (exact) mass is 313 g/mol. The maximum atomic E-state index is 12.4. The van der Waals surface area contributed by atoms with Gasteiger partial charge in [0.05, 0.1) is 12.2 Å². The number of rotatable bonds is 4. The number of benzene rings is 1. The SMILES string of the molecule is CCN1CCC(n2nccc2NC(=O)c2cccc(N)c2)CC1. The maximum absolute atomic E-state index is 12.4. The molecule has 1 saturated heterocycles. The Hall–Kier alpha value is -2.34. The van der Waals surface area contributed by atoms with E-state index in [0.29, 0.717) is 17.3 Å². The van der Waals surface area contributed by atoms with Gasteiger partial charge >= 0.3 is 0 Å². The van der Waals surface area contributed by atoms with E-state index in [9.17, 15) is 4.79 Å². The summed E-state index contributed by atoms with van der Waals surface area (Å²) in [4.78, 5) is 14.8. The highest BCUT2D eigenvalue weighted by Crippen LogP contribution is 2.25. The average molecular weight is 313 g/mol. The summed E-state index contributed by atoms with van der Waals surface area (Å²) >= 11 is 0. The van der Waals surface area contributed by atoms with Gasteiger partial charge in [0.25, 0.3) is 5.91 Å². The summed E-state index contributed by atoms with van der Waals surface area (Å²) in [5, 5.41) is 7.36. The van der Waals surface area contributed by atoms with E-state index < -0.39 is 0 Å². The summed E-state index contributed by atoms with van der Waals surface area (Å²) in [6.07, 6.45) is 3.84. The Balaban J connectivity index is 1.70. The zero-order valence-corrected chi connectivity index (χ0v) is 13.4. The number of nitrogens with two attached hydrogens (primary N) is 1. The molecular formula is C17H23N5O. The highest BCUT2D eigenvalue weighted by Gasteiger charge is 2.22. The molecule has 1 aliphatic rings. The fourth-order valence-electron chi connectivity index (χ4n) is 3.05. The first-order valence-corrected chi connectivity index (χ1v) is 8.10. The van der Waals surface area contributed by atoms with Gasteiger partial charge in [0.2, 0.25) is 0 Å². The zero-order valence-electron chi connectivity index (χ0n) is 13.4. The van der Waals surface area contributed by atoms with Crippen molar-refractivity contribution >= 4 is 17.4 Å². The van der Waals surface area contributed by atoms with E-state index >= 15 is 0 Å². The zero-order chi connectivity index (χ0) is 16.2. The Morgan fingerprint density at radius 1 is 1.35 bits per heavy atom. The molecule has 0 saturated carbocycles. The van der Waals surface area contributed by atoms with Gasteiger partial charge in [-0.2, -0.15) is 5.10 Å². The molecule has 0 atom stereocenters. The third-order valence-electron chi connectivity index (χ3n) is 4.41. The summed E-state index contributed by atoms with van der Waals surface area (Å²) in [6.45, 7) is 5.42. The molecular weight excluding hydrogens is 290 g/mol. The van der Waals surface area contributed by atoms with Gasteiger partial charge in [0.15, 0.2) is 0 Å². The summed E-state index contributed by atoms with van der Waals surface area (Å²) in [7, 11) is 0. The van der Waals surface area contributed by atoms with Crippen LogP contribution < -0.4 is 11.1 Å². The van der Waals surface area contributed by atoms with Gasteiger partial charge in [-0.15, -0.1) is 0 Å². The van der Waals surface area contributed by atoms with Crippen LogP contribution in [-0.2, 0) is 0 Å². The van der Waals surface area contributed by atoms with E-state index in [2.05, 4.69) is 22.2 Å². The van der Waals surface area contributed by atoms with E-state index in [1.165, 1.54) is 0 Å². The van der Waals surface area contributed by atoms with E-state index in [1.54, 1.807) is 30.5 Å². The largest absolute Gasteiger partial charge is 0.399 e. The van der Waals surface area contributed by atoms with Crippen molar-refractivity contribution in [3.05, 3.63) is 42.1 Å². The van der Waals surface area contributed by atoms with Crippen molar-refractivity contribution in [2.45, 2.75) is 25.8 Å². The van der Waals surface area contributed by atoms with E-state index in [1.807, 2.05) is 10.7 Å². The number of carbonyl (C=O) groups excluding carboxylic acids is 1. The van der Waals surface area contributed by atoms with Crippen LogP contribution in [0.2, 0.25) is 0 Å². The molecule has 0 radical (unpaired) electrons. The number of nitrogens with one attached hydrogen (secondary N) is 1. The summed E-state index contributed by atoms with van der Waals surface area (Å²) < 4.78 is 1.94. The molecule has 1 aliphatic heterocycles. The number of anilines is 2. The minimum Gasteiger partial charge on any atom is -0.399 e. The number of carbonyl (C=O) groups is 1. The van der Waals surface area contributed by atoms with Crippen molar-refractivity contribution in [1.82, 2.24) is 14.7 Å². The quantitative estimate of drug-likeness (QED) is 0.850. The van der Waals surface area contributed by atoms with Crippen LogP contribution in [0.15, 0.2) is 36.5 Å². The molecule has 0 unspecified atom stereocenters. The van der Waals surface area contributed by atoms with Crippen molar-refractivity contribution in [2.24, 2.45) is 0 Å². The summed E-state index contributed by atoms with van der Waals surface area (Å²) in [5.74, 6) is 0.581. The van der Waals surface area contributed by atoms with E-state index in [-0.39, 0.29) is 5.91 Å². The molecule has 3 N–H and O–H groups in total. The second-order valence-corrected chi connectivity index (χ2v) is 5.91. The molecule has 1 fully saturated rings. The molecule has 1 aromatic heterocycles.